The summed E-state index contributed by atoms with van der Waals surface area (Å²) >= 11 is 0. The highest BCUT2D eigenvalue weighted by Gasteiger charge is 2.16. The lowest BCUT2D eigenvalue weighted by atomic mass is 10.2. The molecule has 3 heteroatoms. The van der Waals surface area contributed by atoms with E-state index in [0.717, 1.165) is 22.9 Å². The Kier molecular flexibility index (Phi) is 3.03. The van der Waals surface area contributed by atoms with E-state index < -0.39 is 0 Å². The van der Waals surface area contributed by atoms with E-state index in [0.29, 0.717) is 5.05 Å². The van der Waals surface area contributed by atoms with Gasteiger partial charge in [-0.05, 0) is 24.3 Å². The van der Waals surface area contributed by atoms with E-state index in [4.69, 9.17) is 0 Å². The van der Waals surface area contributed by atoms with Crippen LogP contribution in [0.1, 0.15) is 19.4 Å². The molecule has 0 saturated heterocycles. The van der Waals surface area contributed by atoms with Gasteiger partial charge in [0.2, 0.25) is 0 Å². The Bertz CT molecular complexity index is 445. The van der Waals surface area contributed by atoms with Gasteiger partial charge in [-0.25, -0.2) is 4.99 Å². The molecular formula is C12H15NOS. The summed E-state index contributed by atoms with van der Waals surface area (Å²) in [6.45, 7) is 3.87. The zero-order valence-electron chi connectivity index (χ0n) is 9.03. The maximum Gasteiger partial charge on any atom is 0.0749 e. The number of aliphatic imine (C=N–C) groups is 1. The highest BCUT2D eigenvalue weighted by atomic mass is 32.2. The first-order valence-corrected chi connectivity index (χ1v) is 6.50. The van der Waals surface area contributed by atoms with Crippen molar-refractivity contribution < 1.29 is 5.11 Å². The molecule has 1 unspecified atom stereocenters. The second-order valence-electron chi connectivity index (χ2n) is 3.51. The zero-order valence-corrected chi connectivity index (χ0v) is 9.84. The first kappa shape index (κ1) is 10.6. The third-order valence-electron chi connectivity index (χ3n) is 2.51. The number of hydrogen-bond donors (Lipinski definition) is 1. The van der Waals surface area contributed by atoms with Crippen molar-refractivity contribution in [2.24, 2.45) is 4.99 Å². The maximum atomic E-state index is 9.60. The minimum absolute atomic E-state index is 0.163. The number of para-hydroxylation sites is 1. The predicted octanol–water partition coefficient (Wildman–Crippen LogP) is 3.27. The van der Waals surface area contributed by atoms with E-state index in [1.54, 1.807) is 6.92 Å². The van der Waals surface area contributed by atoms with Crippen LogP contribution >= 0.6 is 10.5 Å². The zero-order chi connectivity index (χ0) is 10.8. The van der Waals surface area contributed by atoms with Gasteiger partial charge in [0.25, 0.3) is 0 Å². The Hall–Kier alpha value is -0.930. The fraction of sp³-hybridized carbons (Fsp3) is 0.333. The van der Waals surface area contributed by atoms with Crippen LogP contribution in [-0.2, 0) is 6.42 Å². The largest absolute Gasteiger partial charge is 0.359 e. The van der Waals surface area contributed by atoms with E-state index in [1.165, 1.54) is 5.56 Å². The number of fused-ring (bicyclic) bond motifs is 1. The summed E-state index contributed by atoms with van der Waals surface area (Å²) in [5.74, 6) is 0.940. The van der Waals surface area contributed by atoms with Gasteiger partial charge in [-0.2, -0.15) is 0 Å². The van der Waals surface area contributed by atoms with Gasteiger partial charge in [0, 0.05) is 6.42 Å². The summed E-state index contributed by atoms with van der Waals surface area (Å²) in [4.78, 5) is 4.59. The molecule has 15 heavy (non-hydrogen) atoms. The normalized spacial score (nSPS) is 17.0. The first-order valence-electron chi connectivity index (χ1n) is 5.11. The van der Waals surface area contributed by atoms with Crippen LogP contribution in [0.5, 0.6) is 0 Å². The highest BCUT2D eigenvalue weighted by molar-refractivity contribution is 8.28. The van der Waals surface area contributed by atoms with Crippen molar-refractivity contribution in [3.8, 4) is 0 Å². The molecule has 0 fully saturated rings. The van der Waals surface area contributed by atoms with Crippen LogP contribution in [0.4, 0.5) is 5.69 Å². The Morgan fingerprint density at radius 3 is 2.80 bits per heavy atom. The molecule has 0 aromatic heterocycles. The van der Waals surface area contributed by atoms with Crippen LogP contribution in [0.2, 0.25) is 0 Å². The molecule has 2 nitrogen and oxygen atoms in total. The maximum absolute atomic E-state index is 9.60. The van der Waals surface area contributed by atoms with Gasteiger partial charge >= 0.3 is 0 Å². The van der Waals surface area contributed by atoms with Gasteiger partial charge in [0.05, 0.1) is 15.8 Å². The average Bonchev–Trinajstić information content (AvgIpc) is 2.61. The SMILES string of the molecule is CCS(C1=Nc2ccccc2C1)=C(C)O. The van der Waals surface area contributed by atoms with Gasteiger partial charge in [-0.1, -0.05) is 25.1 Å². The number of aliphatic hydroxyl groups is 1. The second-order valence-corrected chi connectivity index (χ2v) is 5.93. The van der Waals surface area contributed by atoms with Crippen molar-refractivity contribution in [1.82, 2.24) is 0 Å². The Balaban J connectivity index is 2.36. The molecule has 1 aromatic rings. The molecule has 0 bridgehead atoms. The molecule has 1 N–H and O–H groups in total. The summed E-state index contributed by atoms with van der Waals surface area (Å²) in [7, 11) is -0.163. The minimum atomic E-state index is -0.163. The van der Waals surface area contributed by atoms with E-state index >= 15 is 0 Å². The third-order valence-corrected chi connectivity index (χ3v) is 4.60. The molecule has 1 aliphatic rings. The highest BCUT2D eigenvalue weighted by Crippen LogP contribution is 2.33. The van der Waals surface area contributed by atoms with Crippen molar-refractivity contribution in [3.05, 3.63) is 29.8 Å². The van der Waals surface area contributed by atoms with Crippen molar-refractivity contribution >= 4 is 26.3 Å². The van der Waals surface area contributed by atoms with E-state index in [2.05, 4.69) is 18.0 Å². The molecule has 0 aliphatic carbocycles. The molecule has 1 aliphatic heterocycles. The van der Waals surface area contributed by atoms with Crippen molar-refractivity contribution in [2.75, 3.05) is 5.75 Å². The molecule has 0 saturated carbocycles. The molecule has 0 radical (unpaired) electrons. The average molecular weight is 221 g/mol. The van der Waals surface area contributed by atoms with E-state index in [1.807, 2.05) is 18.2 Å². The van der Waals surface area contributed by atoms with E-state index in [-0.39, 0.29) is 10.5 Å². The molecule has 0 amide bonds. The monoisotopic (exact) mass is 221 g/mol. The smallest absolute Gasteiger partial charge is 0.0749 e. The summed E-state index contributed by atoms with van der Waals surface area (Å²) in [6.07, 6.45) is 0.894. The number of rotatable bonds is 1. The number of nitrogens with zero attached hydrogens (tertiary/aromatic N) is 1. The molecule has 1 heterocycles. The third kappa shape index (κ3) is 2.03. The molecule has 2 rings (SSSR count). The number of aliphatic hydroxyl groups excluding tert-OH is 1. The van der Waals surface area contributed by atoms with Crippen LogP contribution in [0, 0.1) is 0 Å². The van der Waals surface area contributed by atoms with Crippen molar-refractivity contribution in [2.45, 2.75) is 20.3 Å². The van der Waals surface area contributed by atoms with Gasteiger partial charge in [-0.15, -0.1) is 10.5 Å². The predicted molar refractivity (Wildman–Crippen MR) is 68.7 cm³/mol. The fourth-order valence-electron chi connectivity index (χ4n) is 1.79. The fourth-order valence-corrected chi connectivity index (χ4v) is 3.42. The lowest BCUT2D eigenvalue weighted by Crippen LogP contribution is -2.02. The standard InChI is InChI=1S/C12H15NOS/c1-3-15(9(2)14)12-8-10-6-4-5-7-11(10)13-12/h4-7,14H,3,8H2,1-2H3. The molecule has 80 valence electrons. The van der Waals surface area contributed by atoms with Crippen LogP contribution in [0.15, 0.2) is 29.3 Å². The molecular weight excluding hydrogens is 206 g/mol. The van der Waals surface area contributed by atoms with Crippen LogP contribution in [0.3, 0.4) is 0 Å². The quantitative estimate of drug-likeness (QED) is 0.725. The second kappa shape index (κ2) is 4.29. The summed E-state index contributed by atoms with van der Waals surface area (Å²) < 4.78 is 0. The van der Waals surface area contributed by atoms with Gasteiger partial charge in [0.1, 0.15) is 0 Å². The Morgan fingerprint density at radius 1 is 1.47 bits per heavy atom. The molecule has 0 spiro atoms. The van der Waals surface area contributed by atoms with Crippen LogP contribution < -0.4 is 0 Å². The van der Waals surface area contributed by atoms with E-state index in [9.17, 15) is 5.11 Å². The summed E-state index contributed by atoms with van der Waals surface area (Å²) in [5, 5.41) is 11.2. The Morgan fingerprint density at radius 2 is 2.20 bits per heavy atom. The topological polar surface area (TPSA) is 32.6 Å². The minimum Gasteiger partial charge on any atom is -0.359 e. The Labute approximate surface area is 92.6 Å². The number of benzene rings is 1. The first-order chi connectivity index (χ1) is 7.22. The molecule has 1 atom stereocenters. The summed E-state index contributed by atoms with van der Waals surface area (Å²) in [6, 6.07) is 8.18. The lowest BCUT2D eigenvalue weighted by Gasteiger charge is -2.06. The van der Waals surface area contributed by atoms with Crippen molar-refractivity contribution in [3.63, 3.8) is 0 Å². The van der Waals surface area contributed by atoms with Crippen LogP contribution in [-0.4, -0.2) is 21.0 Å². The molecule has 1 aromatic carbocycles. The van der Waals surface area contributed by atoms with Gasteiger partial charge < -0.3 is 5.11 Å². The van der Waals surface area contributed by atoms with Crippen molar-refractivity contribution in [1.29, 1.82) is 0 Å². The number of hydrogen-bond acceptors (Lipinski definition) is 1. The van der Waals surface area contributed by atoms with Gasteiger partial charge in [-0.3, -0.25) is 0 Å². The lowest BCUT2D eigenvalue weighted by molar-refractivity contribution is 0.564. The van der Waals surface area contributed by atoms with Crippen LogP contribution in [0.25, 0.3) is 0 Å². The van der Waals surface area contributed by atoms with Gasteiger partial charge in [0.15, 0.2) is 0 Å². The summed E-state index contributed by atoms with van der Waals surface area (Å²) in [5.41, 5.74) is 2.35.